The summed E-state index contributed by atoms with van der Waals surface area (Å²) in [5.41, 5.74) is 0.936. The highest BCUT2D eigenvalue weighted by molar-refractivity contribution is 6.00. The Balaban J connectivity index is 1.30. The first-order chi connectivity index (χ1) is 21.2. The highest BCUT2D eigenvalue weighted by Crippen LogP contribution is 2.41. The number of aromatic nitrogens is 3. The van der Waals surface area contributed by atoms with Crippen LogP contribution in [-0.4, -0.2) is 34.3 Å². The maximum absolute atomic E-state index is 15.3. The van der Waals surface area contributed by atoms with Crippen molar-refractivity contribution in [3.63, 3.8) is 0 Å². The molecule has 3 heterocycles. The Hall–Kier alpha value is -5.65. The number of aromatic hydroxyl groups is 1. The molecule has 12 heteroatoms. The van der Waals surface area contributed by atoms with Gasteiger partial charge in [0.05, 0.1) is 36.2 Å². The fourth-order valence-corrected chi connectivity index (χ4v) is 4.72. The molecule has 6 aromatic rings. The summed E-state index contributed by atoms with van der Waals surface area (Å²) in [6.07, 6.45) is -0.138. The number of hydrogen-bond acceptors (Lipinski definition) is 8. The molecular formula is C32H22F4N4O4. The number of fused-ring (bicyclic) bond motifs is 2. The molecule has 8 nitrogen and oxygen atoms in total. The fraction of sp³-hybridized carbons (Fsp3) is 0.0938. The van der Waals surface area contributed by atoms with Gasteiger partial charge in [0, 0.05) is 47.4 Å². The lowest BCUT2D eigenvalue weighted by atomic mass is 10.0. The highest BCUT2D eigenvalue weighted by atomic mass is 19.4. The Kier molecular flexibility index (Phi) is 7.25. The average molecular weight is 603 g/mol. The van der Waals surface area contributed by atoms with Gasteiger partial charge in [-0.3, -0.25) is 9.97 Å². The number of halogens is 4. The van der Waals surface area contributed by atoms with E-state index in [9.17, 15) is 18.3 Å². The molecule has 0 bridgehead atoms. The molecule has 6 rings (SSSR count). The van der Waals surface area contributed by atoms with Crippen LogP contribution in [0.2, 0.25) is 0 Å². The SMILES string of the molecule is COc1cc2nccc(Oc3ccc(Nc4nccc5ncc(-c6ccc(C(F)(F)F)cc6)c(O)c45)cc3F)c2cc1OC. The van der Waals surface area contributed by atoms with Crippen molar-refractivity contribution in [3.8, 4) is 39.9 Å². The van der Waals surface area contributed by atoms with Gasteiger partial charge in [0.25, 0.3) is 0 Å². The minimum atomic E-state index is -4.49. The number of methoxy groups -OCH3 is 2. The van der Waals surface area contributed by atoms with Crippen molar-refractivity contribution >= 4 is 33.3 Å². The molecule has 2 N–H and O–H groups in total. The number of benzene rings is 3. The summed E-state index contributed by atoms with van der Waals surface area (Å²) < 4.78 is 71.0. The molecule has 0 saturated carbocycles. The van der Waals surface area contributed by atoms with E-state index in [1.165, 1.54) is 57.1 Å². The number of hydrogen-bond donors (Lipinski definition) is 2. The minimum absolute atomic E-state index is 0.0576. The number of nitrogens with one attached hydrogen (secondary N) is 1. The molecule has 0 saturated heterocycles. The molecule has 0 aliphatic carbocycles. The quantitative estimate of drug-likeness (QED) is 0.176. The number of nitrogens with zero attached hydrogens (tertiary/aromatic N) is 3. The highest BCUT2D eigenvalue weighted by Gasteiger charge is 2.30. The monoisotopic (exact) mass is 602 g/mol. The topological polar surface area (TPSA) is 98.6 Å². The fourth-order valence-electron chi connectivity index (χ4n) is 4.72. The zero-order valence-electron chi connectivity index (χ0n) is 23.1. The van der Waals surface area contributed by atoms with E-state index in [0.29, 0.717) is 44.9 Å². The van der Waals surface area contributed by atoms with E-state index < -0.39 is 17.6 Å². The van der Waals surface area contributed by atoms with Gasteiger partial charge in [-0.1, -0.05) is 12.1 Å². The number of pyridine rings is 3. The second-order valence-corrected chi connectivity index (χ2v) is 9.55. The number of rotatable bonds is 7. The largest absolute Gasteiger partial charge is 0.506 e. The first kappa shape index (κ1) is 28.5. The lowest BCUT2D eigenvalue weighted by Crippen LogP contribution is -2.04. The summed E-state index contributed by atoms with van der Waals surface area (Å²) in [6.45, 7) is 0. The summed E-state index contributed by atoms with van der Waals surface area (Å²) in [7, 11) is 3.01. The van der Waals surface area contributed by atoms with E-state index in [1.54, 1.807) is 30.3 Å². The minimum Gasteiger partial charge on any atom is -0.506 e. The van der Waals surface area contributed by atoms with Crippen LogP contribution < -0.4 is 19.5 Å². The van der Waals surface area contributed by atoms with Crippen LogP contribution in [0.25, 0.3) is 32.9 Å². The van der Waals surface area contributed by atoms with Crippen LogP contribution in [0, 0.1) is 5.82 Å². The summed E-state index contributed by atoms with van der Waals surface area (Å²) >= 11 is 0. The molecule has 3 aromatic heterocycles. The van der Waals surface area contributed by atoms with E-state index in [1.807, 2.05) is 0 Å². The molecule has 0 unspecified atom stereocenters. The van der Waals surface area contributed by atoms with E-state index in [-0.39, 0.29) is 28.3 Å². The van der Waals surface area contributed by atoms with Crippen LogP contribution >= 0.6 is 0 Å². The maximum Gasteiger partial charge on any atom is 0.416 e. The Morgan fingerprint density at radius 2 is 1.48 bits per heavy atom. The predicted octanol–water partition coefficient (Wildman–Crippen LogP) is 8.26. The van der Waals surface area contributed by atoms with E-state index in [4.69, 9.17) is 14.2 Å². The van der Waals surface area contributed by atoms with Crippen LogP contribution in [0.1, 0.15) is 5.56 Å². The molecule has 0 aliphatic rings. The first-order valence-corrected chi connectivity index (χ1v) is 13.1. The zero-order valence-corrected chi connectivity index (χ0v) is 23.1. The van der Waals surface area contributed by atoms with Crippen LogP contribution in [0.5, 0.6) is 28.7 Å². The van der Waals surface area contributed by atoms with Crippen LogP contribution in [0.4, 0.5) is 29.1 Å². The molecule has 44 heavy (non-hydrogen) atoms. The average Bonchev–Trinajstić information content (AvgIpc) is 3.01. The number of ether oxygens (including phenoxy) is 3. The molecule has 0 atom stereocenters. The smallest absolute Gasteiger partial charge is 0.416 e. The van der Waals surface area contributed by atoms with Crippen molar-refractivity contribution in [2.24, 2.45) is 0 Å². The number of anilines is 2. The summed E-state index contributed by atoms with van der Waals surface area (Å²) in [5, 5.41) is 14.9. The molecule has 0 radical (unpaired) electrons. The maximum atomic E-state index is 15.3. The van der Waals surface area contributed by atoms with Gasteiger partial charge in [-0.25, -0.2) is 9.37 Å². The van der Waals surface area contributed by atoms with Crippen LogP contribution in [-0.2, 0) is 6.18 Å². The normalized spacial score (nSPS) is 11.5. The van der Waals surface area contributed by atoms with Crippen molar-refractivity contribution in [3.05, 3.63) is 96.7 Å². The van der Waals surface area contributed by atoms with Crippen molar-refractivity contribution in [2.45, 2.75) is 6.18 Å². The van der Waals surface area contributed by atoms with Crippen molar-refractivity contribution < 1.29 is 36.9 Å². The van der Waals surface area contributed by atoms with Crippen molar-refractivity contribution in [1.82, 2.24) is 15.0 Å². The molecule has 3 aromatic carbocycles. The van der Waals surface area contributed by atoms with E-state index in [2.05, 4.69) is 20.3 Å². The van der Waals surface area contributed by atoms with Gasteiger partial charge in [0.1, 0.15) is 17.3 Å². The Labute approximate surface area is 247 Å². The van der Waals surface area contributed by atoms with Gasteiger partial charge in [-0.05, 0) is 48.0 Å². The molecule has 0 amide bonds. The predicted molar refractivity (Wildman–Crippen MR) is 156 cm³/mol. The molecule has 222 valence electrons. The van der Waals surface area contributed by atoms with Crippen molar-refractivity contribution in [2.75, 3.05) is 19.5 Å². The Morgan fingerprint density at radius 1 is 0.750 bits per heavy atom. The van der Waals surface area contributed by atoms with Crippen molar-refractivity contribution in [1.29, 1.82) is 0 Å². The second-order valence-electron chi connectivity index (χ2n) is 9.55. The number of alkyl halides is 3. The van der Waals surface area contributed by atoms with E-state index in [0.717, 1.165) is 12.1 Å². The second kappa shape index (κ2) is 11.2. The summed E-state index contributed by atoms with van der Waals surface area (Å²) in [6, 6.07) is 15.1. The third kappa shape index (κ3) is 5.33. The lowest BCUT2D eigenvalue weighted by molar-refractivity contribution is -0.137. The lowest BCUT2D eigenvalue weighted by Gasteiger charge is -2.14. The Morgan fingerprint density at radius 3 is 2.18 bits per heavy atom. The van der Waals surface area contributed by atoms with Gasteiger partial charge in [0.15, 0.2) is 23.1 Å². The van der Waals surface area contributed by atoms with Gasteiger partial charge in [0.2, 0.25) is 0 Å². The third-order valence-corrected chi connectivity index (χ3v) is 6.90. The zero-order chi connectivity index (χ0) is 31.0. The van der Waals surface area contributed by atoms with Gasteiger partial charge < -0.3 is 24.6 Å². The summed E-state index contributed by atoms with van der Waals surface area (Å²) in [5.74, 6) is 0.461. The standard InChI is InChI=1S/C32H22F4N4O4/c1-42-27-14-20-24(15-28(27)43-2)37-12-10-25(20)44-26-8-7-19(13-22(26)33)40-31-29-23(9-11-38-31)39-16-21(30(29)41)17-3-5-18(6-4-17)32(34,35)36/h3-16H,1-2H3,(H,38,40)(H,39,41). The van der Waals surface area contributed by atoms with Gasteiger partial charge >= 0.3 is 6.18 Å². The summed E-state index contributed by atoms with van der Waals surface area (Å²) in [4.78, 5) is 13.0. The van der Waals surface area contributed by atoms with Crippen LogP contribution in [0.15, 0.2) is 85.3 Å². The molecule has 0 spiro atoms. The molecule has 0 aliphatic heterocycles. The first-order valence-electron chi connectivity index (χ1n) is 13.1. The molecule has 0 fully saturated rings. The third-order valence-electron chi connectivity index (χ3n) is 6.90. The molecular weight excluding hydrogens is 580 g/mol. The van der Waals surface area contributed by atoms with E-state index >= 15 is 4.39 Å². The van der Waals surface area contributed by atoms with Crippen LogP contribution in [0.3, 0.4) is 0 Å². The van der Waals surface area contributed by atoms with Gasteiger partial charge in [-0.15, -0.1) is 0 Å². The Bertz CT molecular complexity index is 2020. The van der Waals surface area contributed by atoms with Gasteiger partial charge in [-0.2, -0.15) is 13.2 Å².